The quantitative estimate of drug-likeness (QED) is 0.782. The Bertz CT molecular complexity index is 667. The van der Waals surface area contributed by atoms with Crippen LogP contribution in [0, 0.1) is 11.8 Å². The average Bonchev–Trinajstić information content (AvgIpc) is 2.56. The molecular weight excluding hydrogens is 397 g/mol. The Morgan fingerprint density at radius 1 is 1.27 bits per heavy atom. The lowest BCUT2D eigenvalue weighted by Gasteiger charge is -2.40. The molecule has 0 radical (unpaired) electrons. The van der Waals surface area contributed by atoms with E-state index in [1.165, 1.54) is 0 Å². The smallest absolute Gasteiger partial charge is 0.247 e. The van der Waals surface area contributed by atoms with Crippen molar-refractivity contribution in [1.82, 2.24) is 10.2 Å². The van der Waals surface area contributed by atoms with Gasteiger partial charge in [0.25, 0.3) is 0 Å². The summed E-state index contributed by atoms with van der Waals surface area (Å²) in [6.45, 7) is 4.33. The Morgan fingerprint density at radius 3 is 2.65 bits per heavy atom. The number of benzene rings is 1. The van der Waals surface area contributed by atoms with Crippen molar-refractivity contribution in [1.29, 1.82) is 0 Å². The van der Waals surface area contributed by atoms with E-state index < -0.39 is 6.04 Å². The molecule has 2 atom stereocenters. The first-order valence-electron chi connectivity index (χ1n) is 8.74. The molecule has 2 aliphatic rings. The van der Waals surface area contributed by atoms with Gasteiger partial charge < -0.3 is 15.5 Å². The molecule has 8 heteroatoms. The van der Waals surface area contributed by atoms with Gasteiger partial charge in [0.1, 0.15) is 6.04 Å². The van der Waals surface area contributed by atoms with E-state index >= 15 is 0 Å². The first kappa shape index (κ1) is 21.3. The van der Waals surface area contributed by atoms with Gasteiger partial charge in [-0.05, 0) is 56.5 Å². The van der Waals surface area contributed by atoms with E-state index in [4.69, 9.17) is 23.2 Å². The maximum atomic E-state index is 12.9. The third kappa shape index (κ3) is 4.63. The highest BCUT2D eigenvalue weighted by Crippen LogP contribution is 2.28. The summed E-state index contributed by atoms with van der Waals surface area (Å²) >= 11 is 12.1. The Morgan fingerprint density at radius 2 is 2.00 bits per heavy atom. The lowest BCUT2D eigenvalue weighted by atomic mass is 9.86. The number of halogens is 3. The molecule has 2 heterocycles. The summed E-state index contributed by atoms with van der Waals surface area (Å²) in [4.78, 5) is 27.4. The molecule has 0 aliphatic carbocycles. The minimum atomic E-state index is -0.452. The predicted octanol–water partition coefficient (Wildman–Crippen LogP) is 3.59. The summed E-state index contributed by atoms with van der Waals surface area (Å²) < 4.78 is 0. The van der Waals surface area contributed by atoms with Crippen molar-refractivity contribution in [2.45, 2.75) is 32.2 Å². The largest absolute Gasteiger partial charge is 0.330 e. The molecular formula is C18H24Cl3N3O2. The van der Waals surface area contributed by atoms with Gasteiger partial charge in [-0.1, -0.05) is 30.1 Å². The zero-order chi connectivity index (χ0) is 18.0. The van der Waals surface area contributed by atoms with Gasteiger partial charge in [-0.15, -0.1) is 12.4 Å². The molecule has 0 saturated carbocycles. The molecule has 0 bridgehead atoms. The van der Waals surface area contributed by atoms with E-state index in [0.717, 1.165) is 25.9 Å². The van der Waals surface area contributed by atoms with E-state index in [2.05, 4.69) is 10.6 Å². The van der Waals surface area contributed by atoms with E-state index in [-0.39, 0.29) is 30.1 Å². The summed E-state index contributed by atoms with van der Waals surface area (Å²) in [5.74, 6) is 0.171. The molecule has 5 nitrogen and oxygen atoms in total. The number of nitrogens with zero attached hydrogens (tertiary/aromatic N) is 1. The van der Waals surface area contributed by atoms with Gasteiger partial charge >= 0.3 is 0 Å². The number of nitrogens with one attached hydrogen (secondary N) is 2. The number of hydrogen-bond donors (Lipinski definition) is 2. The van der Waals surface area contributed by atoms with Gasteiger partial charge in [-0.3, -0.25) is 9.59 Å². The third-order valence-corrected chi connectivity index (χ3v) is 5.75. The maximum Gasteiger partial charge on any atom is 0.247 e. The highest BCUT2D eigenvalue weighted by atomic mass is 35.5. The molecule has 2 saturated heterocycles. The van der Waals surface area contributed by atoms with E-state index in [9.17, 15) is 9.59 Å². The van der Waals surface area contributed by atoms with Crippen LogP contribution < -0.4 is 10.6 Å². The average molecular weight is 421 g/mol. The summed E-state index contributed by atoms with van der Waals surface area (Å²) in [6, 6.07) is 4.49. The number of piperidine rings is 1. The second-order valence-corrected chi connectivity index (χ2v) is 7.71. The number of rotatable bonds is 4. The van der Waals surface area contributed by atoms with Crippen molar-refractivity contribution in [2.24, 2.45) is 11.8 Å². The van der Waals surface area contributed by atoms with Crippen molar-refractivity contribution >= 4 is 53.1 Å². The summed E-state index contributed by atoms with van der Waals surface area (Å²) in [5, 5.41) is 6.97. The predicted molar refractivity (Wildman–Crippen MR) is 107 cm³/mol. The molecule has 2 unspecified atom stereocenters. The summed E-state index contributed by atoms with van der Waals surface area (Å²) in [7, 11) is 0. The monoisotopic (exact) mass is 419 g/mol. The molecule has 3 rings (SSSR count). The normalized spacial score (nSPS) is 21.3. The minimum absolute atomic E-state index is 0. The first-order valence-corrected chi connectivity index (χ1v) is 9.50. The number of carbonyl (C=O) groups excluding carboxylic acids is 2. The SMILES string of the molecule is CC(C(=O)N1CCCCC1C(=O)Nc1cc(Cl)ccc1Cl)C1CNC1.Cl. The summed E-state index contributed by atoms with van der Waals surface area (Å²) in [5.41, 5.74) is 0.480. The van der Waals surface area contributed by atoms with Crippen LogP contribution in [0.5, 0.6) is 0 Å². The Balaban J connectivity index is 0.00000243. The van der Waals surface area contributed by atoms with Crippen LogP contribution in [0.1, 0.15) is 26.2 Å². The van der Waals surface area contributed by atoms with Crippen LogP contribution in [0.4, 0.5) is 5.69 Å². The first-order chi connectivity index (χ1) is 12.0. The van der Waals surface area contributed by atoms with Gasteiger partial charge in [-0.2, -0.15) is 0 Å². The zero-order valence-corrected chi connectivity index (χ0v) is 17.0. The zero-order valence-electron chi connectivity index (χ0n) is 14.6. The Hall–Kier alpha value is -1.01. The van der Waals surface area contributed by atoms with Crippen LogP contribution in [0.25, 0.3) is 0 Å². The highest BCUT2D eigenvalue weighted by Gasteiger charge is 2.38. The molecule has 26 heavy (non-hydrogen) atoms. The number of amides is 2. The molecule has 2 aliphatic heterocycles. The lowest BCUT2D eigenvalue weighted by Crippen LogP contribution is -2.55. The molecule has 2 amide bonds. The second kappa shape index (κ2) is 9.27. The fourth-order valence-electron chi connectivity index (χ4n) is 3.41. The number of carbonyl (C=O) groups is 2. The topological polar surface area (TPSA) is 61.4 Å². The van der Waals surface area contributed by atoms with Crippen molar-refractivity contribution < 1.29 is 9.59 Å². The van der Waals surface area contributed by atoms with Crippen molar-refractivity contribution in [2.75, 3.05) is 25.0 Å². The van der Waals surface area contributed by atoms with Gasteiger partial charge in [-0.25, -0.2) is 0 Å². The molecule has 1 aromatic carbocycles. The van der Waals surface area contributed by atoms with Gasteiger partial charge in [0.15, 0.2) is 0 Å². The van der Waals surface area contributed by atoms with Crippen LogP contribution in [-0.2, 0) is 9.59 Å². The van der Waals surface area contributed by atoms with E-state index in [1.807, 2.05) is 6.92 Å². The van der Waals surface area contributed by atoms with Crippen LogP contribution in [0.3, 0.4) is 0 Å². The molecule has 2 N–H and O–H groups in total. The van der Waals surface area contributed by atoms with Gasteiger partial charge in [0.2, 0.25) is 11.8 Å². The number of hydrogen-bond acceptors (Lipinski definition) is 3. The fourth-order valence-corrected chi connectivity index (χ4v) is 3.74. The molecule has 144 valence electrons. The van der Waals surface area contributed by atoms with Crippen molar-refractivity contribution in [3.63, 3.8) is 0 Å². The van der Waals surface area contributed by atoms with Crippen LogP contribution in [0.2, 0.25) is 10.0 Å². The van der Waals surface area contributed by atoms with Gasteiger partial charge in [0, 0.05) is 17.5 Å². The summed E-state index contributed by atoms with van der Waals surface area (Å²) in [6.07, 6.45) is 2.54. The van der Waals surface area contributed by atoms with Crippen molar-refractivity contribution in [3.05, 3.63) is 28.2 Å². The van der Waals surface area contributed by atoms with E-state index in [0.29, 0.717) is 34.6 Å². The standard InChI is InChI=1S/C18H23Cl2N3O2.ClH/c1-11(12-9-21-10-12)18(25)23-7-3-2-4-16(23)17(24)22-15-8-13(19)5-6-14(15)20;/h5-6,8,11-12,16,21H,2-4,7,9-10H2,1H3,(H,22,24);1H. The van der Waals surface area contributed by atoms with Crippen LogP contribution in [0.15, 0.2) is 18.2 Å². The van der Waals surface area contributed by atoms with Crippen LogP contribution >= 0.6 is 35.6 Å². The number of anilines is 1. The third-order valence-electron chi connectivity index (χ3n) is 5.18. The molecule has 0 spiro atoms. The van der Waals surface area contributed by atoms with E-state index in [1.54, 1.807) is 23.1 Å². The fraction of sp³-hybridized carbons (Fsp3) is 0.556. The molecule has 1 aromatic rings. The van der Waals surface area contributed by atoms with Crippen LogP contribution in [-0.4, -0.2) is 42.4 Å². The Labute approximate surface area is 170 Å². The van der Waals surface area contributed by atoms with Crippen molar-refractivity contribution in [3.8, 4) is 0 Å². The molecule has 0 aromatic heterocycles. The number of likely N-dealkylation sites (tertiary alicyclic amines) is 1. The Kier molecular flexibility index (Phi) is 7.59. The second-order valence-electron chi connectivity index (χ2n) is 6.86. The van der Waals surface area contributed by atoms with Gasteiger partial charge in [0.05, 0.1) is 10.7 Å². The molecule has 2 fully saturated rings. The minimum Gasteiger partial charge on any atom is -0.330 e. The highest BCUT2D eigenvalue weighted by molar-refractivity contribution is 6.35. The lowest BCUT2D eigenvalue weighted by molar-refractivity contribution is -0.145. The maximum absolute atomic E-state index is 12.9.